The molecule has 4 saturated carbocycles. The van der Waals surface area contributed by atoms with Crippen molar-refractivity contribution < 1.29 is 27.1 Å². The number of nitrogens with one attached hydrogen (secondary N) is 1. The van der Waals surface area contributed by atoms with Crippen molar-refractivity contribution in [3.8, 4) is 5.75 Å². The lowest BCUT2D eigenvalue weighted by molar-refractivity contribution is -0.136. The van der Waals surface area contributed by atoms with Gasteiger partial charge in [-0.3, -0.25) is 14.5 Å². The van der Waals surface area contributed by atoms with Gasteiger partial charge in [0.05, 0.1) is 11.4 Å². The number of ether oxygens (including phenoxy) is 1. The Kier molecular flexibility index (Phi) is 8.52. The molecule has 0 radical (unpaired) electrons. The van der Waals surface area contributed by atoms with Crippen molar-refractivity contribution in [3.63, 3.8) is 0 Å². The van der Waals surface area contributed by atoms with Crippen LogP contribution in [-0.4, -0.2) is 69.0 Å². The summed E-state index contributed by atoms with van der Waals surface area (Å²) in [5.74, 6) is 2.56. The predicted octanol–water partition coefficient (Wildman–Crippen LogP) is 4.18. The first kappa shape index (κ1) is 30.1. The molecule has 4 bridgehead atoms. The Morgan fingerprint density at radius 2 is 1.58 bits per heavy atom. The third-order valence-corrected chi connectivity index (χ3v) is 11.2. The van der Waals surface area contributed by atoms with Crippen molar-refractivity contribution >= 4 is 21.7 Å². The normalized spacial score (nSPS) is 26.8. The highest BCUT2D eigenvalue weighted by atomic mass is 32.2. The van der Waals surface area contributed by atoms with Crippen LogP contribution < -0.4 is 10.1 Å². The molecule has 43 heavy (non-hydrogen) atoms. The van der Waals surface area contributed by atoms with Gasteiger partial charge in [-0.25, -0.2) is 12.8 Å². The summed E-state index contributed by atoms with van der Waals surface area (Å²) in [5.41, 5.74) is 1.68. The number of amides is 2. The fourth-order valence-electron chi connectivity index (χ4n) is 8.40. The number of nitrogens with zero attached hydrogens (tertiary/aromatic N) is 2. The lowest BCUT2D eigenvalue weighted by Gasteiger charge is -2.56. The van der Waals surface area contributed by atoms with Crippen LogP contribution in [0.1, 0.15) is 56.1 Å². The van der Waals surface area contributed by atoms with Crippen LogP contribution in [0.4, 0.5) is 4.39 Å². The van der Waals surface area contributed by atoms with Crippen LogP contribution in [0.15, 0.2) is 47.4 Å². The minimum atomic E-state index is -3.27. The Morgan fingerprint density at radius 3 is 2.19 bits per heavy atom. The number of carbonyl (C=O) groups excluding carboxylic acids is 2. The molecule has 1 saturated heterocycles. The highest BCUT2D eigenvalue weighted by Crippen LogP contribution is 2.61. The zero-order valence-corrected chi connectivity index (χ0v) is 25.7. The summed E-state index contributed by atoms with van der Waals surface area (Å²) in [6.45, 7) is 3.09. The van der Waals surface area contributed by atoms with Crippen molar-refractivity contribution in [2.24, 2.45) is 23.2 Å². The molecule has 8 nitrogen and oxygen atoms in total. The van der Waals surface area contributed by atoms with Gasteiger partial charge in [0.1, 0.15) is 18.2 Å². The lowest BCUT2D eigenvalue weighted by atomic mass is 9.49. The molecule has 7 rings (SSSR count). The Morgan fingerprint density at radius 1 is 0.953 bits per heavy atom. The zero-order chi connectivity index (χ0) is 30.2. The van der Waals surface area contributed by atoms with Gasteiger partial charge in [-0.15, -0.1) is 0 Å². The zero-order valence-electron chi connectivity index (χ0n) is 24.9. The quantitative estimate of drug-likeness (QED) is 0.433. The van der Waals surface area contributed by atoms with Crippen molar-refractivity contribution in [1.29, 1.82) is 0 Å². The largest absolute Gasteiger partial charge is 0.489 e. The van der Waals surface area contributed by atoms with E-state index < -0.39 is 9.84 Å². The molecule has 4 aliphatic carbocycles. The molecule has 0 spiro atoms. The average Bonchev–Trinajstić information content (AvgIpc) is 2.95. The van der Waals surface area contributed by atoms with E-state index in [0.29, 0.717) is 50.5 Å². The summed E-state index contributed by atoms with van der Waals surface area (Å²) < 4.78 is 43.6. The first-order chi connectivity index (χ1) is 20.5. The monoisotopic (exact) mass is 611 g/mol. The van der Waals surface area contributed by atoms with Gasteiger partial charge in [0.2, 0.25) is 11.8 Å². The molecule has 5 fully saturated rings. The first-order valence-electron chi connectivity index (χ1n) is 15.5. The standard InChI is InChI=1S/C33H42FN3O5S/c1-43(40,41)29-5-2-23(3-6-29)22-42-30-7-4-28(34)15-27(30)21-36-8-10-37(11-9-36)32(39)20-35-31(38)19-33-16-24-12-25(17-33)14-26(13-24)18-33/h2-7,15,24-26H,8-14,16-22H2,1H3,(H,35,38). The number of hydrogen-bond acceptors (Lipinski definition) is 6. The molecule has 1 heterocycles. The number of sulfone groups is 1. The minimum Gasteiger partial charge on any atom is -0.489 e. The fraction of sp³-hybridized carbons (Fsp3) is 0.576. The maximum absolute atomic E-state index is 14.2. The molecule has 0 unspecified atom stereocenters. The Labute approximate surface area is 253 Å². The molecule has 1 N–H and O–H groups in total. The summed E-state index contributed by atoms with van der Waals surface area (Å²) in [6.07, 6.45) is 9.31. The van der Waals surface area contributed by atoms with Crippen LogP contribution in [0, 0.1) is 29.0 Å². The molecule has 232 valence electrons. The molecule has 10 heteroatoms. The summed E-state index contributed by atoms with van der Waals surface area (Å²) in [6, 6.07) is 11.0. The smallest absolute Gasteiger partial charge is 0.242 e. The van der Waals surface area contributed by atoms with E-state index in [-0.39, 0.29) is 41.1 Å². The van der Waals surface area contributed by atoms with Crippen LogP contribution in [0.3, 0.4) is 0 Å². The third-order valence-electron chi connectivity index (χ3n) is 10.0. The lowest BCUT2D eigenvalue weighted by Crippen LogP contribution is -2.51. The van der Waals surface area contributed by atoms with E-state index in [4.69, 9.17) is 4.74 Å². The molecule has 2 amide bonds. The second-order valence-corrected chi connectivity index (χ2v) is 15.5. The summed E-state index contributed by atoms with van der Waals surface area (Å²) >= 11 is 0. The molecule has 5 aliphatic rings. The van der Waals surface area contributed by atoms with Crippen LogP contribution in [0.25, 0.3) is 0 Å². The first-order valence-corrected chi connectivity index (χ1v) is 17.4. The van der Waals surface area contributed by atoms with Gasteiger partial charge in [0, 0.05) is 51.0 Å². The van der Waals surface area contributed by atoms with Crippen molar-refractivity contribution in [1.82, 2.24) is 15.1 Å². The fourth-order valence-corrected chi connectivity index (χ4v) is 9.03. The average molecular weight is 612 g/mol. The second kappa shape index (κ2) is 12.2. The van der Waals surface area contributed by atoms with E-state index in [1.807, 2.05) is 0 Å². The predicted molar refractivity (Wildman–Crippen MR) is 160 cm³/mol. The van der Waals surface area contributed by atoms with E-state index >= 15 is 0 Å². The molecular formula is C33H42FN3O5S. The van der Waals surface area contributed by atoms with Gasteiger partial charge in [0.15, 0.2) is 9.84 Å². The topological polar surface area (TPSA) is 96.0 Å². The SMILES string of the molecule is CS(=O)(=O)c1ccc(COc2ccc(F)cc2CN2CCN(C(=O)CNC(=O)CC34CC5CC(CC(C5)C3)C4)CC2)cc1. The molecule has 2 aromatic rings. The minimum absolute atomic E-state index is 0.0129. The van der Waals surface area contributed by atoms with Crippen molar-refractivity contribution in [2.75, 3.05) is 39.0 Å². The van der Waals surface area contributed by atoms with E-state index in [2.05, 4.69) is 10.2 Å². The highest BCUT2D eigenvalue weighted by Gasteiger charge is 2.51. The number of hydrogen-bond donors (Lipinski definition) is 1. The van der Waals surface area contributed by atoms with Crippen LogP contribution in [0.2, 0.25) is 0 Å². The van der Waals surface area contributed by atoms with Crippen LogP contribution >= 0.6 is 0 Å². The Bertz CT molecular complexity index is 1420. The number of benzene rings is 2. The number of halogens is 1. The summed E-state index contributed by atoms with van der Waals surface area (Å²) in [7, 11) is -3.27. The third kappa shape index (κ3) is 7.23. The van der Waals surface area contributed by atoms with Gasteiger partial charge < -0.3 is 15.0 Å². The van der Waals surface area contributed by atoms with Gasteiger partial charge >= 0.3 is 0 Å². The maximum Gasteiger partial charge on any atom is 0.242 e. The molecule has 0 aromatic heterocycles. The van der Waals surface area contributed by atoms with Gasteiger partial charge in [-0.1, -0.05) is 12.1 Å². The summed E-state index contributed by atoms with van der Waals surface area (Å²) in [4.78, 5) is 30.0. The van der Waals surface area contributed by atoms with Crippen LogP contribution in [0.5, 0.6) is 5.75 Å². The van der Waals surface area contributed by atoms with E-state index in [0.717, 1.165) is 23.3 Å². The number of rotatable bonds is 10. The maximum atomic E-state index is 14.2. The Balaban J connectivity index is 0.960. The molecular weight excluding hydrogens is 569 g/mol. The second-order valence-electron chi connectivity index (χ2n) is 13.5. The number of carbonyl (C=O) groups is 2. The highest BCUT2D eigenvalue weighted by molar-refractivity contribution is 7.90. The summed E-state index contributed by atoms with van der Waals surface area (Å²) in [5, 5.41) is 2.93. The van der Waals surface area contributed by atoms with Gasteiger partial charge in [0.25, 0.3) is 0 Å². The molecule has 2 aromatic carbocycles. The molecule has 0 atom stereocenters. The van der Waals surface area contributed by atoms with E-state index in [1.54, 1.807) is 35.2 Å². The Hall–Kier alpha value is -2.98. The van der Waals surface area contributed by atoms with Crippen molar-refractivity contribution in [3.05, 3.63) is 59.4 Å². The molecule has 1 aliphatic heterocycles. The van der Waals surface area contributed by atoms with Crippen molar-refractivity contribution in [2.45, 2.75) is 63.0 Å². The van der Waals surface area contributed by atoms with Crippen LogP contribution in [-0.2, 0) is 32.6 Å². The van der Waals surface area contributed by atoms with Gasteiger partial charge in [-0.2, -0.15) is 0 Å². The number of piperazine rings is 1. The van der Waals surface area contributed by atoms with E-state index in [1.165, 1.54) is 56.9 Å². The van der Waals surface area contributed by atoms with E-state index in [9.17, 15) is 22.4 Å². The van der Waals surface area contributed by atoms with Gasteiger partial charge in [-0.05, 0) is 97.6 Å².